The molecule has 0 aliphatic heterocycles. The Morgan fingerprint density at radius 2 is 1.65 bits per heavy atom. The summed E-state index contributed by atoms with van der Waals surface area (Å²) in [5.41, 5.74) is 1.75. The molecule has 0 fully saturated rings. The minimum absolute atomic E-state index is 0.171. The average Bonchev–Trinajstić information content (AvgIpc) is 2.31. The van der Waals surface area contributed by atoms with Gasteiger partial charge in [0.05, 0.1) is 6.61 Å². The van der Waals surface area contributed by atoms with Crippen LogP contribution in [0.1, 0.15) is 66.5 Å². The van der Waals surface area contributed by atoms with Gasteiger partial charge >= 0.3 is 0 Å². The fourth-order valence-electron chi connectivity index (χ4n) is 1.93. The molecule has 0 saturated heterocycles. The smallest absolute Gasteiger partial charge is 0.213 e. The average molecular weight is 277 g/mol. The van der Waals surface area contributed by atoms with E-state index in [1.54, 1.807) is 0 Å². The fraction of sp³-hybridized carbons (Fsp3) is 0.722. The highest BCUT2D eigenvalue weighted by Crippen LogP contribution is 2.22. The van der Waals surface area contributed by atoms with Crippen LogP contribution in [0.5, 0.6) is 5.88 Å². The van der Waals surface area contributed by atoms with Gasteiger partial charge in [0.15, 0.2) is 0 Å². The van der Waals surface area contributed by atoms with E-state index in [-0.39, 0.29) is 5.41 Å². The number of rotatable bonds is 6. The highest BCUT2D eigenvalue weighted by Gasteiger charge is 2.12. The van der Waals surface area contributed by atoms with Gasteiger partial charge in [-0.15, -0.1) is 0 Å². The lowest BCUT2D eigenvalue weighted by Crippen LogP contribution is -2.17. The summed E-state index contributed by atoms with van der Waals surface area (Å²) in [6.45, 7) is 14.1. The molecule has 20 heavy (non-hydrogen) atoms. The summed E-state index contributed by atoms with van der Waals surface area (Å²) in [5.74, 6) is 0.758. The largest absolute Gasteiger partial charge is 0.477 e. The Hall–Kier alpha value is -1.05. The van der Waals surface area contributed by atoms with Crippen LogP contribution in [-0.2, 0) is 6.42 Å². The minimum atomic E-state index is 0.171. The van der Waals surface area contributed by atoms with Crippen molar-refractivity contribution >= 4 is 0 Å². The minimum Gasteiger partial charge on any atom is -0.477 e. The van der Waals surface area contributed by atoms with Crippen molar-refractivity contribution in [1.29, 1.82) is 0 Å². The number of unbranched alkanes of at least 4 members (excludes halogenated alkanes) is 1. The summed E-state index contributed by atoms with van der Waals surface area (Å²) < 4.78 is 5.76. The second kappa shape index (κ2) is 7.10. The van der Waals surface area contributed by atoms with E-state index in [0.717, 1.165) is 18.0 Å². The van der Waals surface area contributed by atoms with E-state index in [4.69, 9.17) is 4.74 Å². The zero-order valence-electron chi connectivity index (χ0n) is 14.1. The predicted octanol–water partition coefficient (Wildman–Crippen LogP) is 5.27. The molecule has 0 aliphatic rings. The third-order valence-electron chi connectivity index (χ3n) is 3.04. The van der Waals surface area contributed by atoms with Crippen molar-refractivity contribution in [2.45, 2.75) is 67.2 Å². The molecule has 1 heterocycles. The molecular weight excluding hydrogens is 246 g/mol. The van der Waals surface area contributed by atoms with Gasteiger partial charge in [0, 0.05) is 11.8 Å². The molecule has 0 radical (unpaired) electrons. The Balaban J connectivity index is 2.40. The molecule has 0 bridgehead atoms. The lowest BCUT2D eigenvalue weighted by Gasteiger charge is -2.18. The molecule has 0 amide bonds. The van der Waals surface area contributed by atoms with Crippen molar-refractivity contribution in [3.05, 3.63) is 23.9 Å². The van der Waals surface area contributed by atoms with Crippen LogP contribution in [0.4, 0.5) is 0 Å². The predicted molar refractivity (Wildman–Crippen MR) is 86.2 cm³/mol. The summed E-state index contributed by atoms with van der Waals surface area (Å²) in [4.78, 5) is 4.59. The Morgan fingerprint density at radius 1 is 0.950 bits per heavy atom. The van der Waals surface area contributed by atoms with Crippen LogP contribution in [0.15, 0.2) is 18.2 Å². The van der Waals surface area contributed by atoms with Gasteiger partial charge in [0.1, 0.15) is 0 Å². The Morgan fingerprint density at radius 3 is 2.25 bits per heavy atom. The van der Waals surface area contributed by atoms with Gasteiger partial charge in [-0.3, -0.25) is 0 Å². The van der Waals surface area contributed by atoms with Crippen LogP contribution >= 0.6 is 0 Å². The van der Waals surface area contributed by atoms with Gasteiger partial charge in [-0.1, -0.05) is 54.0 Å². The summed E-state index contributed by atoms with van der Waals surface area (Å²) in [6.07, 6.45) is 4.78. The topological polar surface area (TPSA) is 22.1 Å². The Labute approximate surface area is 125 Å². The van der Waals surface area contributed by atoms with E-state index in [1.165, 1.54) is 19.3 Å². The van der Waals surface area contributed by atoms with Crippen LogP contribution in [0.3, 0.4) is 0 Å². The van der Waals surface area contributed by atoms with Gasteiger partial charge in [0.2, 0.25) is 5.88 Å². The normalized spacial score (nSPS) is 12.5. The van der Waals surface area contributed by atoms with Gasteiger partial charge < -0.3 is 4.74 Å². The third-order valence-corrected chi connectivity index (χ3v) is 3.04. The molecule has 0 spiro atoms. The molecule has 114 valence electrons. The molecule has 0 atom stereocenters. The van der Waals surface area contributed by atoms with Crippen molar-refractivity contribution < 1.29 is 4.74 Å². The molecule has 1 aromatic rings. The van der Waals surface area contributed by atoms with Crippen molar-refractivity contribution in [2.24, 2.45) is 10.8 Å². The fourth-order valence-corrected chi connectivity index (χ4v) is 1.93. The number of aromatic nitrogens is 1. The van der Waals surface area contributed by atoms with E-state index < -0.39 is 0 Å². The summed E-state index contributed by atoms with van der Waals surface area (Å²) in [5, 5.41) is 0. The highest BCUT2D eigenvalue weighted by atomic mass is 16.5. The highest BCUT2D eigenvalue weighted by molar-refractivity contribution is 5.16. The maximum absolute atomic E-state index is 5.76. The molecule has 0 N–H and O–H groups in total. The molecule has 0 aromatic carbocycles. The first kappa shape index (κ1) is 17.0. The first-order valence-corrected chi connectivity index (χ1v) is 7.74. The summed E-state index contributed by atoms with van der Waals surface area (Å²) in [6, 6.07) is 6.09. The van der Waals surface area contributed by atoms with Crippen LogP contribution < -0.4 is 4.74 Å². The van der Waals surface area contributed by atoms with Crippen LogP contribution in [-0.4, -0.2) is 11.6 Å². The molecular formula is C18H31NO. The summed E-state index contributed by atoms with van der Waals surface area (Å²) >= 11 is 0. The van der Waals surface area contributed by atoms with Crippen molar-refractivity contribution in [3.63, 3.8) is 0 Å². The number of pyridine rings is 1. The first-order valence-electron chi connectivity index (χ1n) is 7.74. The van der Waals surface area contributed by atoms with Crippen molar-refractivity contribution in [3.8, 4) is 5.88 Å². The van der Waals surface area contributed by atoms with Gasteiger partial charge in [-0.25, -0.2) is 4.98 Å². The van der Waals surface area contributed by atoms with E-state index in [1.807, 2.05) is 12.1 Å². The second-order valence-electron chi connectivity index (χ2n) is 8.08. The van der Waals surface area contributed by atoms with Crippen LogP contribution in [0, 0.1) is 10.8 Å². The summed E-state index contributed by atoms with van der Waals surface area (Å²) in [7, 11) is 0. The lowest BCUT2D eigenvalue weighted by molar-refractivity contribution is 0.191. The maximum atomic E-state index is 5.76. The number of hydrogen-bond acceptors (Lipinski definition) is 2. The molecule has 1 aromatic heterocycles. The van der Waals surface area contributed by atoms with Crippen LogP contribution in [0.2, 0.25) is 0 Å². The standard InChI is InChI=1S/C18H31NO/c1-17(2,3)13-8-7-10-15-11-9-12-16(19-15)20-14-18(4,5)6/h9,11-12H,7-8,10,13-14H2,1-6H3. The molecule has 2 nitrogen and oxygen atoms in total. The monoisotopic (exact) mass is 277 g/mol. The molecule has 1 rings (SSSR count). The molecule has 0 aliphatic carbocycles. The molecule has 0 unspecified atom stereocenters. The van der Waals surface area contributed by atoms with E-state index in [0.29, 0.717) is 12.0 Å². The lowest BCUT2D eigenvalue weighted by atomic mass is 9.89. The quantitative estimate of drug-likeness (QED) is 0.661. The zero-order valence-corrected chi connectivity index (χ0v) is 14.1. The zero-order chi connectivity index (χ0) is 15.2. The van der Waals surface area contributed by atoms with E-state index in [9.17, 15) is 0 Å². The Bertz CT molecular complexity index is 399. The van der Waals surface area contributed by atoms with E-state index >= 15 is 0 Å². The number of aryl methyl sites for hydroxylation is 1. The Kier molecular flexibility index (Phi) is 6.04. The number of ether oxygens (including phenoxy) is 1. The van der Waals surface area contributed by atoms with E-state index in [2.05, 4.69) is 52.6 Å². The van der Waals surface area contributed by atoms with Crippen molar-refractivity contribution in [1.82, 2.24) is 4.98 Å². The van der Waals surface area contributed by atoms with Gasteiger partial charge in [-0.05, 0) is 36.2 Å². The molecule has 0 saturated carbocycles. The van der Waals surface area contributed by atoms with Crippen LogP contribution in [0.25, 0.3) is 0 Å². The number of nitrogens with zero attached hydrogens (tertiary/aromatic N) is 1. The molecule has 2 heteroatoms. The van der Waals surface area contributed by atoms with Gasteiger partial charge in [0.25, 0.3) is 0 Å². The van der Waals surface area contributed by atoms with Crippen molar-refractivity contribution in [2.75, 3.05) is 6.61 Å². The first-order chi connectivity index (χ1) is 9.16. The SMILES string of the molecule is CC(C)(C)CCCCc1cccc(OCC(C)(C)C)n1. The van der Waals surface area contributed by atoms with Gasteiger partial charge in [-0.2, -0.15) is 0 Å². The third kappa shape index (κ3) is 8.19. The maximum Gasteiger partial charge on any atom is 0.213 e. The number of hydrogen-bond donors (Lipinski definition) is 0. The second-order valence-corrected chi connectivity index (χ2v) is 8.08.